The number of nitro benzene ring substituents is 1. The van der Waals surface area contributed by atoms with Gasteiger partial charge >= 0.3 is 5.69 Å². The molecule has 202 valence electrons. The summed E-state index contributed by atoms with van der Waals surface area (Å²) in [5.74, 6) is 0.659. The number of nitrogens with zero attached hydrogens (tertiary/aromatic N) is 1. The van der Waals surface area contributed by atoms with E-state index in [1.165, 1.54) is 53.7 Å². The van der Waals surface area contributed by atoms with Gasteiger partial charge in [0.2, 0.25) is 5.75 Å². The minimum atomic E-state index is -4.37. The van der Waals surface area contributed by atoms with Gasteiger partial charge in [0.1, 0.15) is 5.69 Å². The Bertz CT molecular complexity index is 1460. The lowest BCUT2D eigenvalue weighted by atomic mass is 10.1. The van der Waals surface area contributed by atoms with Gasteiger partial charge in [0.05, 0.1) is 45.4 Å². The number of aromatic hydroxyl groups is 1. The van der Waals surface area contributed by atoms with Crippen LogP contribution in [0, 0.1) is 10.1 Å². The molecule has 3 aromatic rings. The molecule has 0 aromatic heterocycles. The average Bonchev–Trinajstić information content (AvgIpc) is 2.91. The van der Waals surface area contributed by atoms with Crippen LogP contribution in [0.15, 0.2) is 47.4 Å². The predicted molar refractivity (Wildman–Crippen MR) is 140 cm³/mol. The van der Waals surface area contributed by atoms with Crippen molar-refractivity contribution in [3.05, 3.63) is 63.7 Å². The van der Waals surface area contributed by atoms with E-state index >= 15 is 0 Å². The molecule has 0 aliphatic rings. The van der Waals surface area contributed by atoms with Crippen LogP contribution in [0.25, 0.3) is 12.2 Å². The molecule has 0 amide bonds. The van der Waals surface area contributed by atoms with Gasteiger partial charge in [-0.1, -0.05) is 12.2 Å². The van der Waals surface area contributed by atoms with E-state index in [1.807, 2.05) is 0 Å². The van der Waals surface area contributed by atoms with Gasteiger partial charge < -0.3 is 28.8 Å². The van der Waals surface area contributed by atoms with Crippen LogP contribution in [0.4, 0.5) is 11.4 Å². The van der Waals surface area contributed by atoms with Gasteiger partial charge in [-0.15, -0.1) is 0 Å². The van der Waals surface area contributed by atoms with Crippen LogP contribution in [-0.2, 0) is 10.0 Å². The van der Waals surface area contributed by atoms with Crippen molar-refractivity contribution in [3.8, 4) is 34.5 Å². The van der Waals surface area contributed by atoms with Crippen molar-refractivity contribution in [2.75, 3.05) is 40.3 Å². The number of hydrogen-bond donors (Lipinski definition) is 2. The first-order valence-corrected chi connectivity index (χ1v) is 12.3. The first-order valence-electron chi connectivity index (χ1n) is 10.8. The summed E-state index contributed by atoms with van der Waals surface area (Å²) in [4.78, 5) is 10.2. The molecule has 0 atom stereocenters. The van der Waals surface area contributed by atoms with Crippen molar-refractivity contribution in [2.24, 2.45) is 0 Å². The lowest BCUT2D eigenvalue weighted by molar-refractivity contribution is -0.386. The zero-order chi connectivity index (χ0) is 28.0. The van der Waals surface area contributed by atoms with E-state index in [2.05, 4.69) is 4.72 Å². The smallest absolute Gasteiger partial charge is 0.312 e. The number of methoxy groups -OCH3 is 5. The fraction of sp³-hybridized carbons (Fsp3) is 0.200. The van der Waals surface area contributed by atoms with Crippen molar-refractivity contribution in [3.63, 3.8) is 0 Å². The van der Waals surface area contributed by atoms with Gasteiger partial charge in [-0.05, 0) is 42.0 Å². The SMILES string of the molecule is COc1ccc(S(=O)(=O)Nc2c(/C=C\c3cc(OC)c(OC)c(OC)c3)ccc(O)c2OC)cc1[N+](=O)[O-]. The predicted octanol–water partition coefficient (Wildman–Crippen LogP) is 4.31. The van der Waals surface area contributed by atoms with Crippen molar-refractivity contribution < 1.29 is 42.1 Å². The third kappa shape index (κ3) is 5.67. The first-order chi connectivity index (χ1) is 18.1. The van der Waals surface area contributed by atoms with Gasteiger partial charge in [0.25, 0.3) is 10.0 Å². The Labute approximate surface area is 219 Å². The Hall–Kier alpha value is -4.65. The molecule has 0 saturated heterocycles. The molecular formula is C25H26N2O10S. The number of phenolic OH excluding ortho intramolecular Hbond substituents is 1. The molecule has 2 N–H and O–H groups in total. The number of sulfonamides is 1. The largest absolute Gasteiger partial charge is 0.504 e. The molecule has 13 heteroatoms. The maximum atomic E-state index is 13.2. The van der Waals surface area contributed by atoms with Crippen molar-refractivity contribution in [1.29, 1.82) is 0 Å². The Morgan fingerprint density at radius 1 is 0.816 bits per heavy atom. The normalized spacial score (nSPS) is 11.2. The molecule has 38 heavy (non-hydrogen) atoms. The van der Waals surface area contributed by atoms with Crippen LogP contribution in [0.1, 0.15) is 11.1 Å². The highest BCUT2D eigenvalue weighted by Crippen LogP contribution is 2.41. The number of anilines is 1. The molecule has 0 heterocycles. The van der Waals surface area contributed by atoms with E-state index in [0.717, 1.165) is 12.1 Å². The minimum absolute atomic E-state index is 0.0883. The van der Waals surface area contributed by atoms with Gasteiger partial charge in [-0.25, -0.2) is 8.42 Å². The summed E-state index contributed by atoms with van der Waals surface area (Å²) in [7, 11) is 2.56. The molecule has 0 unspecified atom stereocenters. The quantitative estimate of drug-likeness (QED) is 0.202. The van der Waals surface area contributed by atoms with E-state index in [-0.39, 0.29) is 22.9 Å². The third-order valence-corrected chi connectivity index (χ3v) is 6.76. The second-order valence-corrected chi connectivity index (χ2v) is 9.25. The Kier molecular flexibility index (Phi) is 8.53. The minimum Gasteiger partial charge on any atom is -0.504 e. The molecule has 12 nitrogen and oxygen atoms in total. The molecule has 0 saturated carbocycles. The zero-order valence-corrected chi connectivity index (χ0v) is 22.0. The average molecular weight is 547 g/mol. The van der Waals surface area contributed by atoms with Crippen LogP contribution in [0.3, 0.4) is 0 Å². The van der Waals surface area contributed by atoms with Gasteiger partial charge in [0, 0.05) is 11.6 Å². The molecule has 0 aliphatic heterocycles. The summed E-state index contributed by atoms with van der Waals surface area (Å²) in [6, 6.07) is 9.41. The van der Waals surface area contributed by atoms with Crippen LogP contribution in [-0.4, -0.2) is 54.0 Å². The molecule has 0 fully saturated rings. The summed E-state index contributed by atoms with van der Waals surface area (Å²) in [6.07, 6.45) is 3.24. The fourth-order valence-electron chi connectivity index (χ4n) is 3.59. The van der Waals surface area contributed by atoms with E-state index in [9.17, 15) is 23.6 Å². The van der Waals surface area contributed by atoms with Crippen LogP contribution in [0.2, 0.25) is 0 Å². The Morgan fingerprint density at radius 3 is 1.95 bits per heavy atom. The van der Waals surface area contributed by atoms with E-state index in [0.29, 0.717) is 28.4 Å². The second-order valence-electron chi connectivity index (χ2n) is 7.57. The number of ether oxygens (including phenoxy) is 5. The number of nitrogens with one attached hydrogen (secondary N) is 1. The van der Waals surface area contributed by atoms with Crippen molar-refractivity contribution in [1.82, 2.24) is 0 Å². The number of benzene rings is 3. The lowest BCUT2D eigenvalue weighted by Crippen LogP contribution is -2.15. The molecular weight excluding hydrogens is 520 g/mol. The summed E-state index contributed by atoms with van der Waals surface area (Å²) in [5, 5.41) is 21.7. The molecule has 3 aromatic carbocycles. The monoisotopic (exact) mass is 546 g/mol. The standard InChI is InChI=1S/C25H26N2O10S/c1-33-20-11-9-17(14-18(20)27(29)30)38(31,32)26-23-16(8-10-19(28)24(23)36-4)7-6-15-12-21(34-2)25(37-5)22(13-15)35-3/h6-14,26,28H,1-5H3/b7-6-. The summed E-state index contributed by atoms with van der Waals surface area (Å²) >= 11 is 0. The highest BCUT2D eigenvalue weighted by Gasteiger charge is 2.25. The number of rotatable bonds is 11. The Morgan fingerprint density at radius 2 is 1.42 bits per heavy atom. The molecule has 3 rings (SSSR count). The Balaban J connectivity index is 2.10. The van der Waals surface area contributed by atoms with Gasteiger partial charge in [-0.3, -0.25) is 14.8 Å². The molecule has 0 spiro atoms. The highest BCUT2D eigenvalue weighted by atomic mass is 32.2. The van der Waals surface area contributed by atoms with Crippen molar-refractivity contribution >= 4 is 33.6 Å². The molecule has 0 aliphatic carbocycles. The van der Waals surface area contributed by atoms with E-state index in [4.69, 9.17) is 23.7 Å². The van der Waals surface area contributed by atoms with E-state index < -0.39 is 25.5 Å². The first kappa shape index (κ1) is 27.9. The second kappa shape index (κ2) is 11.6. The highest BCUT2D eigenvalue weighted by molar-refractivity contribution is 7.92. The lowest BCUT2D eigenvalue weighted by Gasteiger charge is -2.16. The maximum Gasteiger partial charge on any atom is 0.312 e. The summed E-state index contributed by atoms with van der Waals surface area (Å²) in [5.41, 5.74) is 0.335. The zero-order valence-electron chi connectivity index (χ0n) is 21.2. The van der Waals surface area contributed by atoms with Gasteiger partial charge in [-0.2, -0.15) is 0 Å². The summed E-state index contributed by atoms with van der Waals surface area (Å²) in [6.45, 7) is 0. The van der Waals surface area contributed by atoms with Crippen molar-refractivity contribution in [2.45, 2.75) is 4.90 Å². The van der Waals surface area contributed by atoms with Crippen LogP contribution < -0.4 is 28.4 Å². The molecule has 0 bridgehead atoms. The topological polar surface area (TPSA) is 156 Å². The number of nitro groups is 1. The maximum absolute atomic E-state index is 13.2. The number of phenols is 1. The summed E-state index contributed by atoms with van der Waals surface area (Å²) < 4.78 is 55.1. The van der Waals surface area contributed by atoms with Crippen LogP contribution >= 0.6 is 0 Å². The fourth-order valence-corrected chi connectivity index (χ4v) is 4.71. The number of hydrogen-bond acceptors (Lipinski definition) is 10. The van der Waals surface area contributed by atoms with Crippen LogP contribution in [0.5, 0.6) is 34.5 Å². The third-order valence-electron chi connectivity index (χ3n) is 5.41. The van der Waals surface area contributed by atoms with E-state index in [1.54, 1.807) is 24.3 Å². The van der Waals surface area contributed by atoms with Gasteiger partial charge in [0.15, 0.2) is 28.7 Å². The molecule has 0 radical (unpaired) electrons.